The summed E-state index contributed by atoms with van der Waals surface area (Å²) in [5, 5.41) is 4.88. The van der Waals surface area contributed by atoms with Gasteiger partial charge in [0.25, 0.3) is 0 Å². The van der Waals surface area contributed by atoms with Gasteiger partial charge in [0.05, 0.1) is 0 Å². The van der Waals surface area contributed by atoms with Crippen LogP contribution in [0.4, 0.5) is 27.9 Å². The molecule has 2 aromatic rings. The molecular weight excluding hydrogens is 553 g/mol. The molecular formula is C22H30BrF3N4O4S. The van der Waals surface area contributed by atoms with Crippen LogP contribution in [0.2, 0.25) is 0 Å². The van der Waals surface area contributed by atoms with E-state index >= 15 is 0 Å². The van der Waals surface area contributed by atoms with Gasteiger partial charge in [-0.25, -0.2) is 14.6 Å². The maximum atomic E-state index is 12.4. The lowest BCUT2D eigenvalue weighted by atomic mass is 10.2. The minimum absolute atomic E-state index is 0.214. The summed E-state index contributed by atoms with van der Waals surface area (Å²) in [4.78, 5) is 32.9. The van der Waals surface area contributed by atoms with Gasteiger partial charge in [-0.1, -0.05) is 6.07 Å². The third-order valence-corrected chi connectivity index (χ3v) is 5.09. The van der Waals surface area contributed by atoms with Gasteiger partial charge in [0.2, 0.25) is 0 Å². The summed E-state index contributed by atoms with van der Waals surface area (Å²) in [5.41, 5.74) is -1.32. The molecule has 2 amide bonds. The number of alkyl carbamates (subject to hydrolysis) is 1. The molecule has 196 valence electrons. The summed E-state index contributed by atoms with van der Waals surface area (Å²) >= 11 is 4.57. The van der Waals surface area contributed by atoms with Crippen LogP contribution in [-0.2, 0) is 15.7 Å². The predicted molar refractivity (Wildman–Crippen MR) is 132 cm³/mol. The molecule has 0 saturated carbocycles. The van der Waals surface area contributed by atoms with E-state index in [2.05, 4.69) is 31.2 Å². The van der Waals surface area contributed by atoms with Crippen molar-refractivity contribution in [1.29, 1.82) is 0 Å². The second-order valence-electron chi connectivity index (χ2n) is 9.23. The van der Waals surface area contributed by atoms with Crippen molar-refractivity contribution in [2.45, 2.75) is 65.8 Å². The van der Waals surface area contributed by atoms with Crippen molar-refractivity contribution in [3.63, 3.8) is 0 Å². The fourth-order valence-corrected chi connectivity index (χ4v) is 3.44. The fraction of sp³-hybridized carbons (Fsp3) is 0.545. The zero-order valence-corrected chi connectivity index (χ0v) is 23.0. The monoisotopic (exact) mass is 582 g/mol. The van der Waals surface area contributed by atoms with Gasteiger partial charge in [-0.3, -0.25) is 9.88 Å². The van der Waals surface area contributed by atoms with E-state index in [1.54, 1.807) is 53.8 Å². The topological polar surface area (TPSA) is 93.7 Å². The first-order valence-electron chi connectivity index (χ1n) is 10.5. The Labute approximate surface area is 215 Å². The first-order valence-corrected chi connectivity index (χ1v) is 12.1. The Balaban J connectivity index is 0.000000462. The molecule has 2 aromatic heterocycles. The highest BCUT2D eigenvalue weighted by atomic mass is 79.9. The zero-order chi connectivity index (χ0) is 27.0. The number of amides is 2. The van der Waals surface area contributed by atoms with Gasteiger partial charge < -0.3 is 14.8 Å². The van der Waals surface area contributed by atoms with Crippen LogP contribution in [0.15, 0.2) is 28.3 Å². The molecule has 0 aliphatic heterocycles. The number of rotatable bonds is 4. The van der Waals surface area contributed by atoms with Crippen molar-refractivity contribution >= 4 is 44.6 Å². The van der Waals surface area contributed by atoms with Gasteiger partial charge in [-0.05, 0) is 76.0 Å². The van der Waals surface area contributed by atoms with Crippen LogP contribution >= 0.6 is 27.3 Å². The number of carbonyl (C=O) groups is 2. The number of halogens is 4. The van der Waals surface area contributed by atoms with Gasteiger partial charge in [0.1, 0.15) is 21.5 Å². The Morgan fingerprint density at radius 3 is 2.11 bits per heavy atom. The lowest BCUT2D eigenvalue weighted by Crippen LogP contribution is -2.42. The van der Waals surface area contributed by atoms with Crippen LogP contribution < -0.4 is 10.2 Å². The molecule has 2 heterocycles. The number of aryl methyl sites for hydroxylation is 1. The Bertz CT molecular complexity index is 971. The van der Waals surface area contributed by atoms with E-state index in [1.807, 2.05) is 0 Å². The zero-order valence-electron chi connectivity index (χ0n) is 20.6. The van der Waals surface area contributed by atoms with E-state index in [0.29, 0.717) is 9.73 Å². The summed E-state index contributed by atoms with van der Waals surface area (Å²) in [7, 11) is 0. The van der Waals surface area contributed by atoms with E-state index in [-0.39, 0.29) is 13.1 Å². The smallest absolute Gasteiger partial charge is 0.433 e. The molecule has 35 heavy (non-hydrogen) atoms. The molecule has 2 rings (SSSR count). The van der Waals surface area contributed by atoms with E-state index in [4.69, 9.17) is 9.47 Å². The van der Waals surface area contributed by atoms with Gasteiger partial charge >= 0.3 is 18.4 Å². The van der Waals surface area contributed by atoms with E-state index in [9.17, 15) is 22.8 Å². The fourth-order valence-electron chi connectivity index (χ4n) is 2.17. The maximum Gasteiger partial charge on any atom is 0.433 e. The Kier molecular flexibility index (Phi) is 11.0. The van der Waals surface area contributed by atoms with Gasteiger partial charge in [0.15, 0.2) is 5.13 Å². The number of ether oxygens (including phenoxy) is 2. The number of pyridine rings is 1. The normalized spacial score (nSPS) is 11.7. The highest BCUT2D eigenvalue weighted by molar-refractivity contribution is 9.10. The second kappa shape index (κ2) is 12.5. The van der Waals surface area contributed by atoms with E-state index in [0.717, 1.165) is 11.6 Å². The summed E-state index contributed by atoms with van der Waals surface area (Å²) < 4.78 is 46.8. The molecule has 0 aromatic carbocycles. The third-order valence-electron chi connectivity index (χ3n) is 3.51. The summed E-state index contributed by atoms with van der Waals surface area (Å²) in [5.74, 6) is 0. The van der Waals surface area contributed by atoms with Crippen molar-refractivity contribution in [3.8, 4) is 0 Å². The highest BCUT2D eigenvalue weighted by Crippen LogP contribution is 2.27. The summed E-state index contributed by atoms with van der Waals surface area (Å²) in [6.45, 7) is 12.8. The average molecular weight is 583 g/mol. The Hall–Kier alpha value is -2.41. The number of anilines is 1. The van der Waals surface area contributed by atoms with Crippen molar-refractivity contribution in [3.05, 3.63) is 39.6 Å². The molecule has 1 N–H and O–H groups in total. The first kappa shape index (κ1) is 30.6. The molecule has 0 bridgehead atoms. The molecule has 0 aliphatic carbocycles. The summed E-state index contributed by atoms with van der Waals surface area (Å²) in [6, 6.07) is 2.35. The van der Waals surface area contributed by atoms with Crippen LogP contribution in [0.3, 0.4) is 0 Å². The number of hydrogen-bond donors (Lipinski definition) is 1. The molecule has 0 radical (unpaired) electrons. The number of nitrogens with one attached hydrogen (secondary N) is 1. The number of hydrogen-bond acceptors (Lipinski definition) is 7. The maximum absolute atomic E-state index is 12.4. The van der Waals surface area contributed by atoms with Gasteiger partial charge in [-0.15, -0.1) is 11.3 Å². The molecule has 0 saturated heterocycles. The van der Waals surface area contributed by atoms with E-state index in [1.165, 1.54) is 28.5 Å². The Morgan fingerprint density at radius 1 is 1.09 bits per heavy atom. The molecule has 8 nitrogen and oxygen atoms in total. The molecule has 0 unspecified atom stereocenters. The largest absolute Gasteiger partial charge is 0.444 e. The number of alkyl halides is 3. The third kappa shape index (κ3) is 12.7. The number of aromatic nitrogens is 2. The number of carbonyl (C=O) groups excluding carboxylic acids is 2. The van der Waals surface area contributed by atoms with Crippen LogP contribution in [-0.4, -0.2) is 46.4 Å². The number of thiazole rings is 1. The summed E-state index contributed by atoms with van der Waals surface area (Å²) in [6.07, 6.45) is -4.18. The van der Waals surface area contributed by atoms with Crippen molar-refractivity contribution in [1.82, 2.24) is 15.3 Å². The van der Waals surface area contributed by atoms with E-state index < -0.39 is 35.3 Å². The molecule has 0 aliphatic rings. The first-order chi connectivity index (χ1) is 15.9. The SMILES string of the molecule is CC(C)(C)OC(=O)NCCN(C(=O)OC(C)(C)C)c1nc(Br)cs1.Cc1ccc(C(F)(F)F)nc1. The predicted octanol–water partition coefficient (Wildman–Crippen LogP) is 6.58. The van der Waals surface area contributed by atoms with Crippen LogP contribution in [0, 0.1) is 6.92 Å². The molecule has 0 spiro atoms. The van der Waals surface area contributed by atoms with Gasteiger partial charge in [-0.2, -0.15) is 13.2 Å². The average Bonchev–Trinajstić information content (AvgIpc) is 3.08. The minimum atomic E-state index is -4.33. The minimum Gasteiger partial charge on any atom is -0.444 e. The van der Waals surface area contributed by atoms with Crippen molar-refractivity contribution < 1.29 is 32.2 Å². The molecule has 0 atom stereocenters. The second-order valence-corrected chi connectivity index (χ2v) is 10.9. The molecule has 13 heteroatoms. The van der Waals surface area contributed by atoms with Crippen molar-refractivity contribution in [2.24, 2.45) is 0 Å². The lowest BCUT2D eigenvalue weighted by molar-refractivity contribution is -0.141. The van der Waals surface area contributed by atoms with Crippen LogP contribution in [0.25, 0.3) is 0 Å². The van der Waals surface area contributed by atoms with Crippen LogP contribution in [0.1, 0.15) is 52.8 Å². The lowest BCUT2D eigenvalue weighted by Gasteiger charge is -2.26. The molecule has 0 fully saturated rings. The van der Waals surface area contributed by atoms with Crippen molar-refractivity contribution in [2.75, 3.05) is 18.0 Å². The number of nitrogens with zero attached hydrogens (tertiary/aromatic N) is 3. The highest BCUT2D eigenvalue weighted by Gasteiger charge is 2.31. The standard InChI is InChI=1S/C15H24BrN3O4S.C7H6F3N/c1-14(2,3)22-12(20)17-7-8-19(11-18-10(16)9-24-11)13(21)23-15(4,5)6;1-5-2-3-6(11-4-5)7(8,9)10/h9H,7-8H2,1-6H3,(H,17,20);2-4H,1H3. The van der Waals surface area contributed by atoms with Gasteiger partial charge in [0, 0.05) is 24.7 Å². The van der Waals surface area contributed by atoms with Crippen LogP contribution in [0.5, 0.6) is 0 Å². The Morgan fingerprint density at radius 2 is 1.69 bits per heavy atom. The quantitative estimate of drug-likeness (QED) is 0.437.